The van der Waals surface area contributed by atoms with Crippen LogP contribution >= 0.6 is 11.6 Å². The number of rotatable bonds is 8. The Morgan fingerprint density at radius 2 is 2.18 bits per heavy atom. The van der Waals surface area contributed by atoms with Crippen LogP contribution in [0, 0.1) is 18.2 Å². The molecule has 0 spiro atoms. The fraction of sp³-hybridized carbons (Fsp3) is 0.208. The van der Waals surface area contributed by atoms with E-state index in [1.807, 2.05) is 25.1 Å². The van der Waals surface area contributed by atoms with Crippen molar-refractivity contribution in [2.24, 2.45) is 5.73 Å². The number of aromatic nitrogens is 2. The molecule has 0 fully saturated rings. The standard InChI is InChI=1S/C24H24ClFN6O/c1-15-13-29-24(30-21-2-3-22-16(10-21)5-7-33-22)31-23(15)32(14-28)6-4-17(12-27)18-8-19(25)11-20(26)9-18/h2-4,6,8-11,13-14,17,28H,5,7,12,27H2,1H3,(H,29,30,31)/b6-4+,28-14?. The molecule has 0 amide bonds. The number of aryl methyl sites for hydroxylation is 1. The molecule has 0 saturated heterocycles. The first-order chi connectivity index (χ1) is 16.0. The minimum Gasteiger partial charge on any atom is -0.493 e. The third-order valence-corrected chi connectivity index (χ3v) is 5.54. The van der Waals surface area contributed by atoms with Crippen molar-refractivity contribution in [1.29, 1.82) is 5.41 Å². The van der Waals surface area contributed by atoms with Crippen LogP contribution in [0.1, 0.15) is 22.6 Å². The summed E-state index contributed by atoms with van der Waals surface area (Å²) in [5, 5.41) is 11.4. The molecule has 1 aliphatic rings. The van der Waals surface area contributed by atoms with Gasteiger partial charge < -0.3 is 15.8 Å². The van der Waals surface area contributed by atoms with E-state index in [1.165, 1.54) is 12.1 Å². The Morgan fingerprint density at radius 1 is 1.33 bits per heavy atom. The SMILES string of the molecule is Cc1cnc(Nc2ccc3c(c2)CCO3)nc1N(C=N)/C=C/C(CN)c1cc(F)cc(Cl)c1. The van der Waals surface area contributed by atoms with E-state index in [9.17, 15) is 4.39 Å². The molecule has 170 valence electrons. The molecular formula is C24H24ClFN6O. The van der Waals surface area contributed by atoms with Crippen LogP contribution in [0.25, 0.3) is 0 Å². The monoisotopic (exact) mass is 466 g/mol. The van der Waals surface area contributed by atoms with Crippen molar-refractivity contribution in [2.75, 3.05) is 23.4 Å². The molecule has 2 aromatic carbocycles. The third kappa shape index (κ3) is 5.30. The van der Waals surface area contributed by atoms with E-state index in [-0.39, 0.29) is 12.5 Å². The number of benzene rings is 2. The number of nitrogens with one attached hydrogen (secondary N) is 2. The zero-order valence-electron chi connectivity index (χ0n) is 18.1. The van der Waals surface area contributed by atoms with Crippen molar-refractivity contribution in [3.8, 4) is 5.75 Å². The van der Waals surface area contributed by atoms with Crippen LogP contribution in [0.2, 0.25) is 5.02 Å². The van der Waals surface area contributed by atoms with Gasteiger partial charge in [-0.2, -0.15) is 4.98 Å². The molecule has 3 aromatic rings. The highest BCUT2D eigenvalue weighted by atomic mass is 35.5. The maximum absolute atomic E-state index is 13.8. The van der Waals surface area contributed by atoms with Crippen LogP contribution in [0.4, 0.5) is 21.8 Å². The molecule has 1 aliphatic heterocycles. The molecule has 7 nitrogen and oxygen atoms in total. The average molecular weight is 467 g/mol. The first-order valence-electron chi connectivity index (χ1n) is 10.5. The zero-order chi connectivity index (χ0) is 23.4. The molecule has 1 atom stereocenters. The van der Waals surface area contributed by atoms with E-state index in [2.05, 4.69) is 15.3 Å². The Labute approximate surface area is 196 Å². The fourth-order valence-corrected chi connectivity index (χ4v) is 3.86. The van der Waals surface area contributed by atoms with Gasteiger partial charge in [0.1, 0.15) is 17.4 Å². The minimum absolute atomic E-state index is 0.250. The number of hydrogen-bond acceptors (Lipinski definition) is 6. The third-order valence-electron chi connectivity index (χ3n) is 5.32. The first kappa shape index (κ1) is 22.7. The number of anilines is 3. The predicted octanol–water partition coefficient (Wildman–Crippen LogP) is 4.93. The van der Waals surface area contributed by atoms with Crippen molar-refractivity contribution in [2.45, 2.75) is 19.3 Å². The number of ether oxygens (including phenoxy) is 1. The number of halogens is 2. The van der Waals surface area contributed by atoms with Crippen LogP contribution in [0.3, 0.4) is 0 Å². The van der Waals surface area contributed by atoms with Crippen LogP contribution < -0.4 is 20.7 Å². The molecular weight excluding hydrogens is 443 g/mol. The summed E-state index contributed by atoms with van der Waals surface area (Å²) in [6.07, 6.45) is 7.20. The Kier molecular flexibility index (Phi) is 6.86. The number of fused-ring (bicyclic) bond motifs is 1. The van der Waals surface area contributed by atoms with Crippen molar-refractivity contribution >= 4 is 35.4 Å². The van der Waals surface area contributed by atoms with Gasteiger partial charge in [0.05, 0.1) is 12.9 Å². The fourth-order valence-electron chi connectivity index (χ4n) is 3.63. The number of nitrogens with two attached hydrogens (primary N) is 1. The van der Waals surface area contributed by atoms with Gasteiger partial charge in [-0.05, 0) is 54.4 Å². The Bertz CT molecular complexity index is 1180. The summed E-state index contributed by atoms with van der Waals surface area (Å²) in [4.78, 5) is 10.5. The van der Waals surface area contributed by atoms with E-state index < -0.39 is 5.82 Å². The second kappa shape index (κ2) is 9.97. The number of hydrogen-bond donors (Lipinski definition) is 3. The van der Waals surface area contributed by atoms with E-state index in [4.69, 9.17) is 27.5 Å². The van der Waals surface area contributed by atoms with Crippen LogP contribution in [0.15, 0.2) is 54.9 Å². The summed E-state index contributed by atoms with van der Waals surface area (Å²) < 4.78 is 19.3. The summed E-state index contributed by atoms with van der Waals surface area (Å²) in [5.74, 6) is 1.14. The van der Waals surface area contributed by atoms with E-state index in [1.54, 1.807) is 29.4 Å². The molecule has 0 saturated carbocycles. The van der Waals surface area contributed by atoms with Gasteiger partial charge in [-0.3, -0.25) is 10.3 Å². The molecule has 0 bridgehead atoms. The maximum atomic E-state index is 13.8. The molecule has 0 radical (unpaired) electrons. The summed E-state index contributed by atoms with van der Waals surface area (Å²) in [7, 11) is 0. The second-order valence-corrected chi connectivity index (χ2v) is 8.11. The first-order valence-corrected chi connectivity index (χ1v) is 10.8. The molecule has 2 heterocycles. The minimum atomic E-state index is -0.422. The van der Waals surface area contributed by atoms with Gasteiger partial charge in [0.15, 0.2) is 0 Å². The molecule has 1 unspecified atom stereocenters. The lowest BCUT2D eigenvalue weighted by molar-refractivity contribution is 0.357. The lowest BCUT2D eigenvalue weighted by Gasteiger charge is -2.18. The van der Waals surface area contributed by atoms with Gasteiger partial charge in [-0.1, -0.05) is 17.7 Å². The number of nitrogens with zero attached hydrogens (tertiary/aromatic N) is 3. The van der Waals surface area contributed by atoms with E-state index in [0.717, 1.165) is 35.3 Å². The van der Waals surface area contributed by atoms with Gasteiger partial charge in [0.2, 0.25) is 5.95 Å². The summed E-state index contributed by atoms with van der Waals surface area (Å²) in [6, 6.07) is 10.2. The lowest BCUT2D eigenvalue weighted by atomic mass is 9.99. The van der Waals surface area contributed by atoms with Gasteiger partial charge >= 0.3 is 0 Å². The summed E-state index contributed by atoms with van der Waals surface area (Å²) >= 11 is 5.99. The normalized spacial score (nSPS) is 13.5. The van der Waals surface area contributed by atoms with Gasteiger partial charge in [-0.15, -0.1) is 0 Å². The molecule has 9 heteroatoms. The van der Waals surface area contributed by atoms with Crippen molar-refractivity contribution < 1.29 is 9.13 Å². The van der Waals surface area contributed by atoms with Crippen LogP contribution in [-0.2, 0) is 6.42 Å². The summed E-state index contributed by atoms with van der Waals surface area (Å²) in [5.41, 5.74) is 9.36. The molecule has 1 aromatic heterocycles. The highest BCUT2D eigenvalue weighted by Crippen LogP contribution is 2.29. The van der Waals surface area contributed by atoms with Crippen molar-refractivity contribution in [3.63, 3.8) is 0 Å². The summed E-state index contributed by atoms with van der Waals surface area (Å²) in [6.45, 7) is 2.80. The van der Waals surface area contributed by atoms with Gasteiger partial charge in [0, 0.05) is 47.6 Å². The van der Waals surface area contributed by atoms with Crippen molar-refractivity contribution in [3.05, 3.63) is 82.4 Å². The highest BCUT2D eigenvalue weighted by molar-refractivity contribution is 6.30. The molecule has 33 heavy (non-hydrogen) atoms. The Hall–Kier alpha value is -3.49. The van der Waals surface area contributed by atoms with Gasteiger partial charge in [-0.25, -0.2) is 9.37 Å². The lowest BCUT2D eigenvalue weighted by Crippen LogP contribution is -2.18. The molecule has 4 rings (SSSR count). The van der Waals surface area contributed by atoms with Gasteiger partial charge in [0.25, 0.3) is 0 Å². The Morgan fingerprint density at radius 3 is 2.94 bits per heavy atom. The van der Waals surface area contributed by atoms with Crippen LogP contribution in [0.5, 0.6) is 5.75 Å². The Balaban J connectivity index is 1.56. The zero-order valence-corrected chi connectivity index (χ0v) is 18.8. The molecule has 4 N–H and O–H groups in total. The predicted molar refractivity (Wildman–Crippen MR) is 129 cm³/mol. The largest absolute Gasteiger partial charge is 0.493 e. The van der Waals surface area contributed by atoms with Crippen LogP contribution in [-0.4, -0.2) is 29.5 Å². The quantitative estimate of drug-likeness (QED) is 0.321. The van der Waals surface area contributed by atoms with E-state index >= 15 is 0 Å². The van der Waals surface area contributed by atoms with Crippen molar-refractivity contribution in [1.82, 2.24) is 9.97 Å². The van der Waals surface area contributed by atoms with E-state index in [0.29, 0.717) is 29.0 Å². The highest BCUT2D eigenvalue weighted by Gasteiger charge is 2.15. The molecule has 0 aliphatic carbocycles. The second-order valence-electron chi connectivity index (χ2n) is 7.67. The topological polar surface area (TPSA) is 100 Å². The average Bonchev–Trinajstić information content (AvgIpc) is 3.26. The maximum Gasteiger partial charge on any atom is 0.229 e. The smallest absolute Gasteiger partial charge is 0.229 e.